The summed E-state index contributed by atoms with van der Waals surface area (Å²) in [6.07, 6.45) is 1.59. The van der Waals surface area contributed by atoms with E-state index >= 15 is 0 Å². The predicted octanol–water partition coefficient (Wildman–Crippen LogP) is 3.50. The number of benzene rings is 2. The van der Waals surface area contributed by atoms with E-state index in [1.54, 1.807) is 0 Å². The molecule has 1 aliphatic rings. The van der Waals surface area contributed by atoms with Crippen LogP contribution in [0.2, 0.25) is 5.02 Å². The molecule has 0 bridgehead atoms. The van der Waals surface area contributed by atoms with Crippen molar-refractivity contribution < 1.29 is 9.59 Å². The van der Waals surface area contributed by atoms with Crippen molar-refractivity contribution in [1.82, 2.24) is 4.90 Å². The van der Waals surface area contributed by atoms with Gasteiger partial charge in [-0.05, 0) is 36.1 Å². The van der Waals surface area contributed by atoms with Crippen LogP contribution in [0.15, 0.2) is 54.6 Å². The molecule has 0 radical (unpaired) electrons. The first-order chi connectivity index (χ1) is 11.1. The van der Waals surface area contributed by atoms with Crippen LogP contribution in [0.25, 0.3) is 0 Å². The van der Waals surface area contributed by atoms with Gasteiger partial charge in [-0.1, -0.05) is 54.1 Å². The first-order valence-corrected chi connectivity index (χ1v) is 8.14. The second kappa shape index (κ2) is 6.97. The summed E-state index contributed by atoms with van der Waals surface area (Å²) in [5.74, 6) is -0.370. The van der Waals surface area contributed by atoms with Crippen LogP contribution in [0.4, 0.5) is 0 Å². The molecule has 0 spiro atoms. The maximum atomic E-state index is 12.5. The zero-order chi connectivity index (χ0) is 16.2. The lowest BCUT2D eigenvalue weighted by Crippen LogP contribution is -2.33. The molecule has 1 atom stereocenters. The molecule has 1 heterocycles. The summed E-state index contributed by atoms with van der Waals surface area (Å²) in [5.41, 5.74) is 2.17. The maximum Gasteiger partial charge on any atom is 0.233 e. The van der Waals surface area contributed by atoms with E-state index in [-0.39, 0.29) is 17.7 Å². The largest absolute Gasteiger partial charge is 0.282 e. The Balaban J connectivity index is 1.61. The summed E-state index contributed by atoms with van der Waals surface area (Å²) in [6, 6.07) is 17.3. The van der Waals surface area contributed by atoms with Crippen LogP contribution in [0, 0.1) is 5.92 Å². The van der Waals surface area contributed by atoms with Crippen LogP contribution in [0.3, 0.4) is 0 Å². The highest BCUT2D eigenvalue weighted by Crippen LogP contribution is 2.24. The molecule has 0 aliphatic carbocycles. The number of halogens is 1. The van der Waals surface area contributed by atoms with Gasteiger partial charge in [0, 0.05) is 18.0 Å². The lowest BCUT2D eigenvalue weighted by molar-refractivity contribution is -0.139. The van der Waals surface area contributed by atoms with Crippen LogP contribution in [-0.2, 0) is 22.4 Å². The van der Waals surface area contributed by atoms with Crippen LogP contribution in [0.1, 0.15) is 17.5 Å². The van der Waals surface area contributed by atoms with Gasteiger partial charge in [0.15, 0.2) is 0 Å². The predicted molar refractivity (Wildman–Crippen MR) is 90.1 cm³/mol. The molecule has 3 rings (SSSR count). The zero-order valence-corrected chi connectivity index (χ0v) is 13.5. The van der Waals surface area contributed by atoms with Crippen LogP contribution in [0.5, 0.6) is 0 Å². The van der Waals surface area contributed by atoms with E-state index in [1.165, 1.54) is 4.90 Å². The van der Waals surface area contributed by atoms with Gasteiger partial charge in [0.25, 0.3) is 0 Å². The lowest BCUT2D eigenvalue weighted by Gasteiger charge is -2.15. The SMILES string of the molecule is O=C1C[C@H](Cc2ccc(Cl)cc2)C(=O)N1CCc1ccccc1. The van der Waals surface area contributed by atoms with Gasteiger partial charge in [-0.25, -0.2) is 0 Å². The monoisotopic (exact) mass is 327 g/mol. The minimum Gasteiger partial charge on any atom is -0.282 e. The quantitative estimate of drug-likeness (QED) is 0.788. The van der Waals surface area contributed by atoms with E-state index in [4.69, 9.17) is 11.6 Å². The molecular formula is C19H18ClNO2. The van der Waals surface area contributed by atoms with Gasteiger partial charge in [0.1, 0.15) is 0 Å². The summed E-state index contributed by atoms with van der Waals surface area (Å²) < 4.78 is 0. The Hall–Kier alpha value is -2.13. The third-order valence-corrected chi connectivity index (χ3v) is 4.45. The van der Waals surface area contributed by atoms with Gasteiger partial charge in [0.05, 0.1) is 5.92 Å². The van der Waals surface area contributed by atoms with Gasteiger partial charge in [-0.3, -0.25) is 14.5 Å². The van der Waals surface area contributed by atoms with Gasteiger partial charge in [0.2, 0.25) is 11.8 Å². The van der Waals surface area contributed by atoms with E-state index in [9.17, 15) is 9.59 Å². The molecule has 118 valence electrons. The topological polar surface area (TPSA) is 37.4 Å². The van der Waals surface area contributed by atoms with Crippen molar-refractivity contribution in [3.8, 4) is 0 Å². The average molecular weight is 328 g/mol. The van der Waals surface area contributed by atoms with Crippen molar-refractivity contribution in [3.05, 3.63) is 70.7 Å². The molecule has 4 heteroatoms. The van der Waals surface area contributed by atoms with Crippen LogP contribution in [-0.4, -0.2) is 23.3 Å². The summed E-state index contributed by atoms with van der Waals surface area (Å²) in [7, 11) is 0. The van der Waals surface area contributed by atoms with E-state index in [0.29, 0.717) is 30.8 Å². The second-order valence-electron chi connectivity index (χ2n) is 5.85. The Kier molecular flexibility index (Phi) is 4.77. The Labute approximate surface area is 140 Å². The van der Waals surface area contributed by atoms with Crippen molar-refractivity contribution in [2.45, 2.75) is 19.3 Å². The Morgan fingerprint density at radius 1 is 0.957 bits per heavy atom. The van der Waals surface area contributed by atoms with Crippen molar-refractivity contribution in [3.63, 3.8) is 0 Å². The molecule has 0 N–H and O–H groups in total. The van der Waals surface area contributed by atoms with Gasteiger partial charge >= 0.3 is 0 Å². The number of carbonyl (C=O) groups is 2. The Bertz CT molecular complexity index is 697. The minimum atomic E-state index is -0.251. The third kappa shape index (κ3) is 3.80. The first-order valence-electron chi connectivity index (χ1n) is 7.76. The van der Waals surface area contributed by atoms with Crippen molar-refractivity contribution in [2.75, 3.05) is 6.54 Å². The highest BCUT2D eigenvalue weighted by molar-refractivity contribution is 6.30. The first kappa shape index (κ1) is 15.8. The molecule has 2 amide bonds. The van der Waals surface area contributed by atoms with Crippen molar-refractivity contribution in [1.29, 1.82) is 0 Å². The summed E-state index contributed by atoms with van der Waals surface area (Å²) in [4.78, 5) is 26.0. The fraction of sp³-hybridized carbons (Fsp3) is 0.263. The molecule has 0 unspecified atom stereocenters. The fourth-order valence-corrected chi connectivity index (χ4v) is 3.06. The highest BCUT2D eigenvalue weighted by Gasteiger charge is 2.37. The fourth-order valence-electron chi connectivity index (χ4n) is 2.94. The number of imide groups is 1. The molecule has 0 saturated carbocycles. The number of likely N-dealkylation sites (tertiary alicyclic amines) is 1. The summed E-state index contributed by atoms with van der Waals surface area (Å²) in [6.45, 7) is 0.457. The molecule has 2 aromatic carbocycles. The van der Waals surface area contributed by atoms with Crippen molar-refractivity contribution in [2.24, 2.45) is 5.92 Å². The molecule has 23 heavy (non-hydrogen) atoms. The molecule has 1 saturated heterocycles. The number of hydrogen-bond donors (Lipinski definition) is 0. The lowest BCUT2D eigenvalue weighted by atomic mass is 9.98. The molecule has 1 aliphatic heterocycles. The Morgan fingerprint density at radius 2 is 1.65 bits per heavy atom. The molecule has 0 aromatic heterocycles. The molecular weight excluding hydrogens is 310 g/mol. The van der Waals surface area contributed by atoms with Crippen LogP contribution < -0.4 is 0 Å². The molecule has 3 nitrogen and oxygen atoms in total. The number of carbonyl (C=O) groups excluding carboxylic acids is 2. The maximum absolute atomic E-state index is 12.5. The van der Waals surface area contributed by atoms with Crippen LogP contribution >= 0.6 is 11.6 Å². The second-order valence-corrected chi connectivity index (χ2v) is 6.29. The standard InChI is InChI=1S/C19H18ClNO2/c20-17-8-6-15(7-9-17)12-16-13-18(22)21(19(16)23)11-10-14-4-2-1-3-5-14/h1-9,16H,10-13H2/t16-/m0/s1. The number of nitrogens with zero attached hydrogens (tertiary/aromatic N) is 1. The summed E-state index contributed by atoms with van der Waals surface area (Å²) in [5, 5.41) is 0.673. The smallest absolute Gasteiger partial charge is 0.233 e. The number of hydrogen-bond acceptors (Lipinski definition) is 2. The third-order valence-electron chi connectivity index (χ3n) is 4.20. The minimum absolute atomic E-state index is 0.0547. The molecule has 2 aromatic rings. The normalized spacial score (nSPS) is 17.8. The van der Waals surface area contributed by atoms with Gasteiger partial charge in [-0.15, -0.1) is 0 Å². The van der Waals surface area contributed by atoms with E-state index < -0.39 is 0 Å². The van der Waals surface area contributed by atoms with Crippen molar-refractivity contribution >= 4 is 23.4 Å². The van der Waals surface area contributed by atoms with Gasteiger partial charge < -0.3 is 0 Å². The van der Waals surface area contributed by atoms with Gasteiger partial charge in [-0.2, -0.15) is 0 Å². The average Bonchev–Trinajstić information content (AvgIpc) is 2.82. The number of amides is 2. The number of rotatable bonds is 5. The van der Waals surface area contributed by atoms with E-state index in [0.717, 1.165) is 11.1 Å². The van der Waals surface area contributed by atoms with E-state index in [1.807, 2.05) is 54.6 Å². The van der Waals surface area contributed by atoms with E-state index in [2.05, 4.69) is 0 Å². The molecule has 1 fully saturated rings. The zero-order valence-electron chi connectivity index (χ0n) is 12.7. The Morgan fingerprint density at radius 3 is 2.35 bits per heavy atom. The summed E-state index contributed by atoms with van der Waals surface area (Å²) >= 11 is 5.87. The highest BCUT2D eigenvalue weighted by atomic mass is 35.5.